The van der Waals surface area contributed by atoms with E-state index in [1.807, 2.05) is 26.0 Å². The predicted octanol–water partition coefficient (Wildman–Crippen LogP) is 3.36. The summed E-state index contributed by atoms with van der Waals surface area (Å²) in [6.07, 6.45) is 3.35. The van der Waals surface area contributed by atoms with Crippen molar-refractivity contribution in [2.75, 3.05) is 17.7 Å². The Morgan fingerprint density at radius 2 is 2.14 bits per heavy atom. The molecular formula is C14H15N3O2S2. The van der Waals surface area contributed by atoms with Crippen LogP contribution in [0.4, 0.5) is 10.7 Å². The molecule has 0 spiro atoms. The third-order valence-electron chi connectivity index (χ3n) is 2.92. The maximum absolute atomic E-state index is 11.9. The molecular weight excluding hydrogens is 306 g/mol. The molecule has 2 N–H and O–H groups in total. The molecule has 0 aromatic carbocycles. The van der Waals surface area contributed by atoms with Crippen molar-refractivity contribution in [3.8, 4) is 0 Å². The minimum absolute atomic E-state index is 0.372. The second-order valence-corrected chi connectivity index (χ2v) is 5.93. The minimum Gasteiger partial charge on any atom is -0.465 e. The van der Waals surface area contributed by atoms with Gasteiger partial charge in [-0.25, -0.2) is 4.79 Å². The van der Waals surface area contributed by atoms with E-state index in [1.54, 1.807) is 12.4 Å². The Morgan fingerprint density at radius 3 is 2.76 bits per heavy atom. The van der Waals surface area contributed by atoms with Gasteiger partial charge in [0.15, 0.2) is 5.11 Å². The van der Waals surface area contributed by atoms with Crippen molar-refractivity contribution in [1.29, 1.82) is 0 Å². The van der Waals surface area contributed by atoms with Gasteiger partial charge < -0.3 is 15.4 Å². The van der Waals surface area contributed by atoms with Crippen LogP contribution in [0.1, 0.15) is 20.8 Å². The third kappa shape index (κ3) is 3.56. The number of esters is 1. The van der Waals surface area contributed by atoms with E-state index in [4.69, 9.17) is 17.0 Å². The lowest BCUT2D eigenvalue weighted by Crippen LogP contribution is -2.20. The zero-order valence-corrected chi connectivity index (χ0v) is 13.5. The number of nitrogens with one attached hydrogen (secondary N) is 2. The molecule has 0 amide bonds. The number of hydrogen-bond acceptors (Lipinski definition) is 5. The SMILES string of the molecule is COC(=O)c1c(NC(=S)Nc2cccnc2)sc(C)c1C. The second-order valence-electron chi connectivity index (χ2n) is 4.30. The van der Waals surface area contributed by atoms with E-state index in [1.165, 1.54) is 18.4 Å². The summed E-state index contributed by atoms with van der Waals surface area (Å²) in [6.45, 7) is 3.84. The van der Waals surface area contributed by atoms with Gasteiger partial charge >= 0.3 is 5.97 Å². The fourth-order valence-corrected chi connectivity index (χ4v) is 3.10. The van der Waals surface area contributed by atoms with Gasteiger partial charge in [-0.2, -0.15) is 0 Å². The average Bonchev–Trinajstić information content (AvgIpc) is 2.74. The van der Waals surface area contributed by atoms with E-state index >= 15 is 0 Å². The van der Waals surface area contributed by atoms with E-state index in [-0.39, 0.29) is 5.97 Å². The van der Waals surface area contributed by atoms with E-state index < -0.39 is 0 Å². The summed E-state index contributed by atoms with van der Waals surface area (Å²) in [6, 6.07) is 3.66. The number of aromatic nitrogens is 1. The zero-order chi connectivity index (χ0) is 15.4. The molecule has 21 heavy (non-hydrogen) atoms. The molecule has 0 unspecified atom stereocenters. The Kier molecular flexibility index (Phi) is 4.87. The summed E-state index contributed by atoms with van der Waals surface area (Å²) in [4.78, 5) is 16.9. The Morgan fingerprint density at radius 1 is 1.38 bits per heavy atom. The maximum Gasteiger partial charge on any atom is 0.341 e. The first-order valence-electron chi connectivity index (χ1n) is 6.19. The predicted molar refractivity (Wildman–Crippen MR) is 89.2 cm³/mol. The van der Waals surface area contributed by atoms with E-state index in [0.717, 1.165) is 16.1 Å². The highest BCUT2D eigenvalue weighted by Gasteiger charge is 2.20. The number of hydrogen-bond donors (Lipinski definition) is 2. The molecule has 2 aromatic rings. The summed E-state index contributed by atoms with van der Waals surface area (Å²) in [5, 5.41) is 7.14. The first-order chi connectivity index (χ1) is 10.0. The molecule has 0 radical (unpaired) electrons. The fourth-order valence-electron chi connectivity index (χ4n) is 1.77. The molecule has 7 heteroatoms. The highest BCUT2D eigenvalue weighted by molar-refractivity contribution is 7.80. The van der Waals surface area contributed by atoms with Crippen molar-refractivity contribution >= 4 is 45.3 Å². The largest absolute Gasteiger partial charge is 0.465 e. The van der Waals surface area contributed by atoms with Gasteiger partial charge in [-0.1, -0.05) is 0 Å². The third-order valence-corrected chi connectivity index (χ3v) is 4.25. The number of thiophene rings is 1. The number of ether oxygens (including phenoxy) is 1. The number of aryl methyl sites for hydroxylation is 1. The summed E-state index contributed by atoms with van der Waals surface area (Å²) < 4.78 is 4.82. The van der Waals surface area contributed by atoms with Gasteiger partial charge in [-0.05, 0) is 43.8 Å². The highest BCUT2D eigenvalue weighted by atomic mass is 32.1. The molecule has 0 bridgehead atoms. The lowest BCUT2D eigenvalue weighted by atomic mass is 10.1. The van der Waals surface area contributed by atoms with Crippen LogP contribution in [0.2, 0.25) is 0 Å². The molecule has 0 aliphatic carbocycles. The number of thiocarbonyl (C=S) groups is 1. The molecule has 0 fully saturated rings. The Hall–Kier alpha value is -1.99. The van der Waals surface area contributed by atoms with E-state index in [9.17, 15) is 4.79 Å². The Balaban J connectivity index is 2.18. The van der Waals surface area contributed by atoms with Crippen LogP contribution >= 0.6 is 23.6 Å². The fraction of sp³-hybridized carbons (Fsp3) is 0.214. The first-order valence-corrected chi connectivity index (χ1v) is 7.41. The molecule has 2 aromatic heterocycles. The van der Waals surface area contributed by atoms with Crippen molar-refractivity contribution in [1.82, 2.24) is 4.98 Å². The van der Waals surface area contributed by atoms with Crippen LogP contribution in [0, 0.1) is 13.8 Å². The number of nitrogens with zero attached hydrogens (tertiary/aromatic N) is 1. The number of methoxy groups -OCH3 is 1. The van der Waals surface area contributed by atoms with Crippen molar-refractivity contribution in [2.45, 2.75) is 13.8 Å². The summed E-state index contributed by atoms with van der Waals surface area (Å²) in [5.74, 6) is -0.372. The number of rotatable bonds is 3. The highest BCUT2D eigenvalue weighted by Crippen LogP contribution is 2.33. The standard InChI is InChI=1S/C14H15N3O2S2/c1-8-9(2)21-12(11(8)13(18)19-3)17-14(20)16-10-5-4-6-15-7-10/h4-7H,1-3H3,(H2,16,17,20). The Bertz CT molecular complexity index is 668. The molecule has 5 nitrogen and oxygen atoms in total. The van der Waals surface area contributed by atoms with Crippen LogP contribution in [-0.2, 0) is 4.74 Å². The van der Waals surface area contributed by atoms with Crippen LogP contribution in [0.5, 0.6) is 0 Å². The molecule has 0 aliphatic heterocycles. The molecule has 0 saturated carbocycles. The molecule has 0 saturated heterocycles. The molecule has 2 heterocycles. The topological polar surface area (TPSA) is 63.2 Å². The second kappa shape index (κ2) is 6.64. The summed E-state index contributed by atoms with van der Waals surface area (Å²) in [5.41, 5.74) is 2.20. The minimum atomic E-state index is -0.372. The van der Waals surface area contributed by atoms with Gasteiger partial charge in [-0.15, -0.1) is 11.3 Å². The van der Waals surface area contributed by atoms with Gasteiger partial charge in [0, 0.05) is 11.1 Å². The van der Waals surface area contributed by atoms with E-state index in [2.05, 4.69) is 15.6 Å². The number of pyridine rings is 1. The smallest absolute Gasteiger partial charge is 0.341 e. The normalized spacial score (nSPS) is 10.0. The van der Waals surface area contributed by atoms with Crippen LogP contribution in [0.15, 0.2) is 24.5 Å². The number of anilines is 2. The van der Waals surface area contributed by atoms with Gasteiger partial charge in [0.1, 0.15) is 5.00 Å². The van der Waals surface area contributed by atoms with Crippen LogP contribution < -0.4 is 10.6 Å². The monoisotopic (exact) mass is 321 g/mol. The molecule has 2 rings (SSSR count). The quantitative estimate of drug-likeness (QED) is 0.668. The van der Waals surface area contributed by atoms with E-state index in [0.29, 0.717) is 15.7 Å². The summed E-state index contributed by atoms with van der Waals surface area (Å²) >= 11 is 6.73. The van der Waals surface area contributed by atoms with Gasteiger partial charge in [0.2, 0.25) is 0 Å². The molecule has 0 aliphatic rings. The lowest BCUT2D eigenvalue weighted by molar-refractivity contribution is 0.0601. The van der Waals surface area contributed by atoms with Crippen molar-refractivity contribution in [2.24, 2.45) is 0 Å². The average molecular weight is 321 g/mol. The maximum atomic E-state index is 11.9. The summed E-state index contributed by atoms with van der Waals surface area (Å²) in [7, 11) is 1.37. The number of carbonyl (C=O) groups is 1. The van der Waals surface area contributed by atoms with Gasteiger partial charge in [0.25, 0.3) is 0 Å². The van der Waals surface area contributed by atoms with Crippen LogP contribution in [-0.4, -0.2) is 23.2 Å². The first kappa shape index (κ1) is 15.4. The number of carbonyl (C=O) groups excluding carboxylic acids is 1. The van der Waals surface area contributed by atoms with Crippen LogP contribution in [0.25, 0.3) is 0 Å². The molecule has 0 atom stereocenters. The van der Waals surface area contributed by atoms with Crippen LogP contribution in [0.3, 0.4) is 0 Å². The molecule has 110 valence electrons. The lowest BCUT2D eigenvalue weighted by Gasteiger charge is -2.10. The Labute approximate surface area is 132 Å². The van der Waals surface area contributed by atoms with Gasteiger partial charge in [0.05, 0.1) is 24.6 Å². The zero-order valence-electron chi connectivity index (χ0n) is 11.9. The van der Waals surface area contributed by atoms with Crippen molar-refractivity contribution in [3.63, 3.8) is 0 Å². The van der Waals surface area contributed by atoms with Gasteiger partial charge in [-0.3, -0.25) is 4.98 Å². The van der Waals surface area contributed by atoms with Crippen molar-refractivity contribution in [3.05, 3.63) is 40.5 Å². The van der Waals surface area contributed by atoms with Crippen molar-refractivity contribution < 1.29 is 9.53 Å².